The Kier molecular flexibility index (Phi) is 3.17. The smallest absolute Gasteiger partial charge is 0.0349 e. The number of benzene rings is 3. The van der Waals surface area contributed by atoms with Crippen molar-refractivity contribution in [2.45, 2.75) is 13.5 Å². The van der Waals surface area contributed by atoms with Gasteiger partial charge in [-0.1, -0.05) is 48.5 Å². The van der Waals surface area contributed by atoms with E-state index in [1.165, 1.54) is 27.5 Å². The van der Waals surface area contributed by atoms with Gasteiger partial charge in [-0.15, -0.1) is 0 Å². The second-order valence-electron chi connectivity index (χ2n) is 5.04. The Bertz CT molecular complexity index is 775. The molecular weight excluding hydrogens is 244 g/mol. The molecule has 0 heterocycles. The van der Waals surface area contributed by atoms with Crippen LogP contribution < -0.4 is 11.5 Å². The quantitative estimate of drug-likeness (QED) is 0.689. The number of fused-ring (bicyclic) bond motifs is 1. The van der Waals surface area contributed by atoms with Gasteiger partial charge in [0, 0.05) is 12.2 Å². The van der Waals surface area contributed by atoms with E-state index in [-0.39, 0.29) is 0 Å². The maximum Gasteiger partial charge on any atom is 0.0349 e. The molecule has 20 heavy (non-hydrogen) atoms. The Morgan fingerprint density at radius 3 is 2.25 bits per heavy atom. The molecule has 0 bridgehead atoms. The van der Waals surface area contributed by atoms with Crippen molar-refractivity contribution in [3.8, 4) is 11.1 Å². The summed E-state index contributed by atoms with van der Waals surface area (Å²) < 4.78 is 0. The Morgan fingerprint density at radius 2 is 1.45 bits per heavy atom. The van der Waals surface area contributed by atoms with Crippen LogP contribution in [-0.4, -0.2) is 0 Å². The Balaban J connectivity index is 2.35. The lowest BCUT2D eigenvalue weighted by Gasteiger charge is -2.13. The molecule has 3 rings (SSSR count). The van der Waals surface area contributed by atoms with E-state index in [1.54, 1.807) is 0 Å². The zero-order valence-electron chi connectivity index (χ0n) is 11.6. The summed E-state index contributed by atoms with van der Waals surface area (Å²) in [6.45, 7) is 2.62. The summed E-state index contributed by atoms with van der Waals surface area (Å²) in [7, 11) is 0. The van der Waals surface area contributed by atoms with Crippen molar-refractivity contribution < 1.29 is 0 Å². The van der Waals surface area contributed by atoms with Crippen LogP contribution in [0, 0.1) is 6.92 Å². The van der Waals surface area contributed by atoms with Crippen LogP contribution in [0.3, 0.4) is 0 Å². The zero-order chi connectivity index (χ0) is 14.1. The molecule has 3 aromatic rings. The summed E-state index contributed by atoms with van der Waals surface area (Å²) in [5.74, 6) is 0. The highest BCUT2D eigenvalue weighted by Crippen LogP contribution is 2.33. The van der Waals surface area contributed by atoms with Crippen molar-refractivity contribution in [1.82, 2.24) is 0 Å². The van der Waals surface area contributed by atoms with Gasteiger partial charge in [0.25, 0.3) is 0 Å². The van der Waals surface area contributed by atoms with E-state index < -0.39 is 0 Å². The van der Waals surface area contributed by atoms with E-state index in [4.69, 9.17) is 11.5 Å². The molecule has 2 nitrogen and oxygen atoms in total. The number of hydrogen-bond acceptors (Lipinski definition) is 2. The van der Waals surface area contributed by atoms with Gasteiger partial charge < -0.3 is 11.5 Å². The maximum absolute atomic E-state index is 6.04. The minimum absolute atomic E-state index is 0.552. The standard InChI is InChI=1S/C18H18N2/c1-12-14(6-4-10-18(12)20)16-9-3-7-15-13(11-19)5-2-8-17(15)16/h2-10H,11,19-20H2,1H3. The molecule has 0 unspecified atom stereocenters. The average molecular weight is 262 g/mol. The third kappa shape index (κ3) is 1.95. The fourth-order valence-electron chi connectivity index (χ4n) is 2.73. The first-order valence-electron chi connectivity index (χ1n) is 6.78. The van der Waals surface area contributed by atoms with Crippen molar-refractivity contribution in [3.63, 3.8) is 0 Å². The summed E-state index contributed by atoms with van der Waals surface area (Å²) >= 11 is 0. The molecule has 100 valence electrons. The number of nitrogens with two attached hydrogens (primary N) is 2. The van der Waals surface area contributed by atoms with Crippen LogP contribution >= 0.6 is 0 Å². The largest absolute Gasteiger partial charge is 0.398 e. The van der Waals surface area contributed by atoms with Crippen LogP contribution in [0.25, 0.3) is 21.9 Å². The second kappa shape index (κ2) is 4.99. The van der Waals surface area contributed by atoms with Crippen LogP contribution in [0.1, 0.15) is 11.1 Å². The van der Waals surface area contributed by atoms with Gasteiger partial charge in [-0.05, 0) is 46.0 Å². The zero-order valence-corrected chi connectivity index (χ0v) is 11.6. The molecule has 0 aliphatic heterocycles. The van der Waals surface area contributed by atoms with Crippen molar-refractivity contribution in [1.29, 1.82) is 0 Å². The summed E-state index contributed by atoms with van der Waals surface area (Å²) in [5, 5.41) is 2.44. The Labute approximate surface area is 119 Å². The van der Waals surface area contributed by atoms with Crippen molar-refractivity contribution in [2.75, 3.05) is 5.73 Å². The predicted octanol–water partition coefficient (Wildman–Crippen LogP) is 3.86. The van der Waals surface area contributed by atoms with E-state index >= 15 is 0 Å². The SMILES string of the molecule is Cc1c(N)cccc1-c1cccc2c(CN)cccc12. The first kappa shape index (κ1) is 12.7. The lowest BCUT2D eigenvalue weighted by Crippen LogP contribution is -1.98. The number of hydrogen-bond donors (Lipinski definition) is 2. The second-order valence-corrected chi connectivity index (χ2v) is 5.04. The first-order chi connectivity index (χ1) is 9.72. The minimum Gasteiger partial charge on any atom is -0.398 e. The Hall–Kier alpha value is -2.32. The number of anilines is 1. The highest BCUT2D eigenvalue weighted by Gasteiger charge is 2.09. The van der Waals surface area contributed by atoms with Gasteiger partial charge in [-0.3, -0.25) is 0 Å². The minimum atomic E-state index is 0.552. The van der Waals surface area contributed by atoms with Crippen LogP contribution in [0.2, 0.25) is 0 Å². The molecule has 0 fully saturated rings. The molecule has 4 N–H and O–H groups in total. The van der Waals surface area contributed by atoms with Crippen LogP contribution in [0.5, 0.6) is 0 Å². The van der Waals surface area contributed by atoms with Crippen molar-refractivity contribution >= 4 is 16.5 Å². The van der Waals surface area contributed by atoms with E-state index in [9.17, 15) is 0 Å². The monoisotopic (exact) mass is 262 g/mol. The molecule has 0 saturated heterocycles. The molecule has 3 aromatic carbocycles. The van der Waals surface area contributed by atoms with Gasteiger partial charge in [-0.25, -0.2) is 0 Å². The Morgan fingerprint density at radius 1 is 0.800 bits per heavy atom. The first-order valence-corrected chi connectivity index (χ1v) is 6.78. The predicted molar refractivity (Wildman–Crippen MR) is 86.4 cm³/mol. The summed E-state index contributed by atoms with van der Waals surface area (Å²) in [4.78, 5) is 0. The lowest BCUT2D eigenvalue weighted by atomic mass is 9.93. The molecule has 0 aliphatic rings. The van der Waals surface area contributed by atoms with Gasteiger partial charge in [0.05, 0.1) is 0 Å². The molecular formula is C18H18N2. The fourth-order valence-corrected chi connectivity index (χ4v) is 2.73. The number of rotatable bonds is 2. The summed E-state index contributed by atoms with van der Waals surface area (Å²) in [6, 6.07) is 18.7. The van der Waals surface area contributed by atoms with Gasteiger partial charge in [0.15, 0.2) is 0 Å². The molecule has 0 atom stereocenters. The van der Waals surface area contributed by atoms with Crippen LogP contribution in [0.4, 0.5) is 5.69 Å². The van der Waals surface area contributed by atoms with Crippen LogP contribution in [0.15, 0.2) is 54.6 Å². The third-order valence-corrected chi connectivity index (χ3v) is 3.90. The number of nitrogen functional groups attached to an aromatic ring is 1. The van der Waals surface area contributed by atoms with Crippen molar-refractivity contribution in [2.24, 2.45) is 5.73 Å². The molecule has 0 aliphatic carbocycles. The van der Waals surface area contributed by atoms with Gasteiger partial charge in [0.1, 0.15) is 0 Å². The highest BCUT2D eigenvalue weighted by atomic mass is 14.6. The fraction of sp³-hybridized carbons (Fsp3) is 0.111. The average Bonchev–Trinajstić information content (AvgIpc) is 2.49. The molecule has 0 aromatic heterocycles. The van der Waals surface area contributed by atoms with E-state index in [2.05, 4.69) is 49.4 Å². The molecule has 0 spiro atoms. The molecule has 0 saturated carbocycles. The van der Waals surface area contributed by atoms with Gasteiger partial charge in [0.2, 0.25) is 0 Å². The molecule has 2 heteroatoms. The topological polar surface area (TPSA) is 52.0 Å². The van der Waals surface area contributed by atoms with E-state index in [1.807, 2.05) is 12.1 Å². The highest BCUT2D eigenvalue weighted by molar-refractivity contribution is 5.99. The molecule has 0 amide bonds. The normalized spacial score (nSPS) is 10.9. The molecule has 0 radical (unpaired) electrons. The third-order valence-electron chi connectivity index (χ3n) is 3.90. The lowest BCUT2D eigenvalue weighted by molar-refractivity contribution is 1.09. The van der Waals surface area contributed by atoms with Crippen molar-refractivity contribution in [3.05, 3.63) is 65.7 Å². The maximum atomic E-state index is 6.04. The summed E-state index contributed by atoms with van der Waals surface area (Å²) in [6.07, 6.45) is 0. The van der Waals surface area contributed by atoms with Crippen LogP contribution in [-0.2, 0) is 6.54 Å². The van der Waals surface area contributed by atoms with E-state index in [0.717, 1.165) is 11.3 Å². The van der Waals surface area contributed by atoms with E-state index in [0.29, 0.717) is 6.54 Å². The van der Waals surface area contributed by atoms with Gasteiger partial charge >= 0.3 is 0 Å². The van der Waals surface area contributed by atoms with Gasteiger partial charge in [-0.2, -0.15) is 0 Å². The summed E-state index contributed by atoms with van der Waals surface area (Å²) in [5.41, 5.74) is 17.4.